The Kier molecular flexibility index (Phi) is 9.53. The summed E-state index contributed by atoms with van der Waals surface area (Å²) in [5.74, 6) is -1.21. The first-order valence-electron chi connectivity index (χ1n) is 9.09. The molecule has 0 aliphatic carbocycles. The smallest absolute Gasteiger partial charge is 0.378 e. The minimum atomic E-state index is -3.77. The minimum absolute atomic E-state index is 0.0284. The van der Waals surface area contributed by atoms with Gasteiger partial charge in [0.25, 0.3) is 5.85 Å². The van der Waals surface area contributed by atoms with Crippen LogP contribution in [0.5, 0.6) is 5.75 Å². The predicted molar refractivity (Wildman–Crippen MR) is 110 cm³/mol. The number of carbonyl (C=O) groups excluding carboxylic acids is 1. The molecule has 0 radical (unpaired) electrons. The standard InChI is InChI=1S/C19H23Cl2O7P/c1-3-26-29(23,27-4-2)19(17-7-5-11-25-17)28-18(22)8-6-12-24-16-10-9-14(20)13-15(16)21/h5,7,9-11,13,19H,3-4,6,8,12H2,1-2H3. The van der Waals surface area contributed by atoms with Crippen molar-refractivity contribution >= 4 is 36.8 Å². The van der Waals surface area contributed by atoms with Gasteiger partial charge in [0, 0.05) is 11.4 Å². The highest BCUT2D eigenvalue weighted by molar-refractivity contribution is 7.54. The fourth-order valence-corrected chi connectivity index (χ4v) is 4.65. The largest absolute Gasteiger partial charge is 0.492 e. The number of esters is 1. The van der Waals surface area contributed by atoms with Crippen molar-refractivity contribution in [1.29, 1.82) is 0 Å². The van der Waals surface area contributed by atoms with E-state index in [1.165, 1.54) is 6.26 Å². The van der Waals surface area contributed by atoms with Crippen LogP contribution in [0.2, 0.25) is 10.0 Å². The van der Waals surface area contributed by atoms with Gasteiger partial charge in [0.2, 0.25) is 0 Å². The molecule has 0 bridgehead atoms. The summed E-state index contributed by atoms with van der Waals surface area (Å²) in [4.78, 5) is 12.3. The second kappa shape index (κ2) is 11.6. The number of hydrogen-bond donors (Lipinski definition) is 0. The van der Waals surface area contributed by atoms with Crippen molar-refractivity contribution in [3.8, 4) is 5.75 Å². The molecule has 0 saturated carbocycles. The van der Waals surface area contributed by atoms with Crippen LogP contribution in [0.3, 0.4) is 0 Å². The van der Waals surface area contributed by atoms with E-state index in [0.29, 0.717) is 22.2 Å². The maximum atomic E-state index is 13.1. The van der Waals surface area contributed by atoms with E-state index in [0.717, 1.165) is 0 Å². The molecule has 0 amide bonds. The normalized spacial score (nSPS) is 12.6. The average Bonchev–Trinajstić information content (AvgIpc) is 3.19. The molecule has 2 aromatic rings. The Bertz CT molecular complexity index is 816. The third-order valence-corrected chi connectivity index (χ3v) is 6.31. The van der Waals surface area contributed by atoms with Crippen LogP contribution in [0.15, 0.2) is 41.0 Å². The molecule has 160 valence electrons. The number of carbonyl (C=O) groups is 1. The Morgan fingerprint density at radius 1 is 1.17 bits per heavy atom. The predicted octanol–water partition coefficient (Wildman–Crippen LogP) is 6.25. The molecule has 1 aromatic heterocycles. The zero-order chi connectivity index (χ0) is 21.3. The summed E-state index contributed by atoms with van der Waals surface area (Å²) in [6.07, 6.45) is 1.78. The monoisotopic (exact) mass is 464 g/mol. The third kappa shape index (κ3) is 7.05. The van der Waals surface area contributed by atoms with Crippen molar-refractivity contribution < 1.29 is 32.3 Å². The lowest BCUT2D eigenvalue weighted by Crippen LogP contribution is -2.15. The van der Waals surface area contributed by atoms with Gasteiger partial charge in [-0.1, -0.05) is 23.2 Å². The Morgan fingerprint density at radius 3 is 2.48 bits per heavy atom. The number of furan rings is 1. The van der Waals surface area contributed by atoms with Gasteiger partial charge in [0.1, 0.15) is 5.75 Å². The van der Waals surface area contributed by atoms with Gasteiger partial charge in [-0.2, -0.15) is 0 Å². The molecule has 2 rings (SSSR count). The molecule has 0 fully saturated rings. The number of ether oxygens (including phenoxy) is 2. The summed E-state index contributed by atoms with van der Waals surface area (Å²) in [5, 5.41) is 0.884. The number of benzene rings is 1. The summed E-state index contributed by atoms with van der Waals surface area (Å²) >= 11 is 11.9. The van der Waals surface area contributed by atoms with Crippen molar-refractivity contribution in [3.63, 3.8) is 0 Å². The average molecular weight is 465 g/mol. The Morgan fingerprint density at radius 2 is 1.90 bits per heavy atom. The van der Waals surface area contributed by atoms with Gasteiger partial charge in [-0.15, -0.1) is 0 Å². The molecule has 10 heteroatoms. The molecule has 0 saturated heterocycles. The fraction of sp³-hybridized carbons (Fsp3) is 0.421. The summed E-state index contributed by atoms with van der Waals surface area (Å²) in [7, 11) is -3.77. The van der Waals surface area contributed by atoms with Crippen molar-refractivity contribution in [3.05, 3.63) is 52.4 Å². The molecule has 1 heterocycles. The summed E-state index contributed by atoms with van der Waals surface area (Å²) < 4.78 is 40.0. The molecular weight excluding hydrogens is 442 g/mol. The maximum Gasteiger partial charge on any atom is 0.378 e. The molecule has 7 nitrogen and oxygen atoms in total. The lowest BCUT2D eigenvalue weighted by atomic mass is 10.3. The molecule has 1 unspecified atom stereocenters. The Balaban J connectivity index is 1.95. The highest BCUT2D eigenvalue weighted by atomic mass is 35.5. The molecule has 0 spiro atoms. The number of rotatable bonds is 12. The zero-order valence-electron chi connectivity index (χ0n) is 16.1. The van der Waals surface area contributed by atoms with Crippen LogP contribution in [0.1, 0.15) is 38.3 Å². The van der Waals surface area contributed by atoms with Crippen molar-refractivity contribution in [2.75, 3.05) is 19.8 Å². The topological polar surface area (TPSA) is 84.2 Å². The summed E-state index contributed by atoms with van der Waals surface area (Å²) in [6, 6.07) is 8.02. The van der Waals surface area contributed by atoms with E-state index in [9.17, 15) is 9.36 Å². The third-order valence-electron chi connectivity index (χ3n) is 3.61. The molecule has 0 N–H and O–H groups in total. The van der Waals surface area contributed by atoms with Gasteiger partial charge in [0.15, 0.2) is 5.76 Å². The minimum Gasteiger partial charge on any atom is -0.492 e. The Labute approximate surface area is 179 Å². The van der Waals surface area contributed by atoms with E-state index in [2.05, 4.69) is 0 Å². The van der Waals surface area contributed by atoms with Gasteiger partial charge >= 0.3 is 13.6 Å². The van der Waals surface area contributed by atoms with E-state index < -0.39 is 19.4 Å². The van der Waals surface area contributed by atoms with E-state index >= 15 is 0 Å². The SMILES string of the molecule is CCOP(=O)(OCC)C(OC(=O)CCCOc1ccc(Cl)cc1Cl)c1ccco1. The van der Waals surface area contributed by atoms with Crippen LogP contribution in [-0.4, -0.2) is 25.8 Å². The molecular formula is C19H23Cl2O7P. The van der Waals surface area contributed by atoms with E-state index in [4.69, 9.17) is 46.1 Å². The Hall–Kier alpha value is -1.50. The highest BCUT2D eigenvalue weighted by Crippen LogP contribution is 2.61. The van der Waals surface area contributed by atoms with E-state index in [1.54, 1.807) is 44.2 Å². The fourth-order valence-electron chi connectivity index (χ4n) is 2.42. The second-order valence-electron chi connectivity index (χ2n) is 5.76. The van der Waals surface area contributed by atoms with E-state index in [1.807, 2.05) is 0 Å². The van der Waals surface area contributed by atoms with Crippen molar-refractivity contribution in [2.24, 2.45) is 0 Å². The molecule has 1 aromatic carbocycles. The van der Waals surface area contributed by atoms with Crippen LogP contribution in [0, 0.1) is 0 Å². The van der Waals surface area contributed by atoms with Crippen LogP contribution in [0.25, 0.3) is 0 Å². The van der Waals surface area contributed by atoms with Gasteiger partial charge in [-0.25, -0.2) is 0 Å². The van der Waals surface area contributed by atoms with Gasteiger partial charge in [0.05, 0.1) is 31.1 Å². The quantitative estimate of drug-likeness (QED) is 0.208. The molecule has 0 aliphatic rings. The van der Waals surface area contributed by atoms with Crippen LogP contribution in [0.4, 0.5) is 0 Å². The number of hydrogen-bond acceptors (Lipinski definition) is 7. The zero-order valence-corrected chi connectivity index (χ0v) is 18.5. The molecule has 0 aliphatic heterocycles. The first-order valence-corrected chi connectivity index (χ1v) is 11.5. The van der Waals surface area contributed by atoms with Crippen LogP contribution < -0.4 is 4.74 Å². The second-order valence-corrected chi connectivity index (χ2v) is 8.67. The van der Waals surface area contributed by atoms with Crippen LogP contribution in [-0.2, 0) is 23.1 Å². The van der Waals surface area contributed by atoms with Gasteiger partial charge in [-0.3, -0.25) is 9.36 Å². The summed E-state index contributed by atoms with van der Waals surface area (Å²) in [6.45, 7) is 3.83. The maximum absolute atomic E-state index is 13.1. The summed E-state index contributed by atoms with van der Waals surface area (Å²) in [5.41, 5.74) is 0. The lowest BCUT2D eigenvalue weighted by molar-refractivity contribution is -0.147. The van der Waals surface area contributed by atoms with Crippen molar-refractivity contribution in [1.82, 2.24) is 0 Å². The van der Waals surface area contributed by atoms with E-state index in [-0.39, 0.29) is 32.0 Å². The first kappa shape index (κ1) is 23.8. The van der Waals surface area contributed by atoms with Crippen molar-refractivity contribution in [2.45, 2.75) is 32.5 Å². The van der Waals surface area contributed by atoms with Gasteiger partial charge < -0.3 is 22.9 Å². The lowest BCUT2D eigenvalue weighted by Gasteiger charge is -2.24. The highest BCUT2D eigenvalue weighted by Gasteiger charge is 2.42. The molecule has 1 atom stereocenters. The molecule has 29 heavy (non-hydrogen) atoms. The van der Waals surface area contributed by atoms with Gasteiger partial charge in [-0.05, 0) is 50.6 Å². The first-order chi connectivity index (χ1) is 13.9. The van der Waals surface area contributed by atoms with Crippen LogP contribution >= 0.6 is 30.8 Å². The number of halogens is 2.